The fourth-order valence-corrected chi connectivity index (χ4v) is 5.04. The van der Waals surface area contributed by atoms with Gasteiger partial charge in [0.05, 0.1) is 30.0 Å². The zero-order chi connectivity index (χ0) is 24.0. The van der Waals surface area contributed by atoms with Gasteiger partial charge in [-0.2, -0.15) is 0 Å². The minimum Gasteiger partial charge on any atom is -0.368 e. The highest BCUT2D eigenvalue weighted by atomic mass is 19.1. The molecular formula is C26H28FN5O2. The lowest BCUT2D eigenvalue weighted by Crippen LogP contribution is -2.37. The number of rotatable bonds is 5. The smallest absolute Gasteiger partial charge is 0.253 e. The number of carbonyl (C=O) groups is 2. The van der Waals surface area contributed by atoms with Gasteiger partial charge in [-0.25, -0.2) is 4.39 Å². The normalized spacial score (nSPS) is 21.6. The molecule has 2 N–H and O–H groups in total. The Morgan fingerprint density at radius 3 is 2.85 bits per heavy atom. The van der Waals surface area contributed by atoms with Gasteiger partial charge >= 0.3 is 0 Å². The number of halogens is 1. The molecule has 0 bridgehead atoms. The van der Waals surface area contributed by atoms with E-state index in [0.717, 1.165) is 47.8 Å². The number of hydrogen-bond donors (Lipinski definition) is 2. The van der Waals surface area contributed by atoms with Crippen LogP contribution in [0, 0.1) is 20.8 Å². The van der Waals surface area contributed by atoms with Crippen molar-refractivity contribution in [1.82, 2.24) is 20.2 Å². The van der Waals surface area contributed by atoms with Crippen LogP contribution in [0.15, 0.2) is 54.0 Å². The molecule has 2 aromatic heterocycles. The number of fused-ring (bicyclic) bond motifs is 1. The van der Waals surface area contributed by atoms with Crippen molar-refractivity contribution in [1.29, 1.82) is 0 Å². The third kappa shape index (κ3) is 4.04. The molecule has 0 radical (unpaired) electrons. The number of carbonyl (C=O) groups excluding carboxylic acids is 2. The summed E-state index contributed by atoms with van der Waals surface area (Å²) in [6.07, 6.45) is 8.69. The molecule has 5 rings (SSSR count). The SMILES string of the molecule is Cc1ccc(N2CCC(NC(=O)c3c(C)[nH]c(CN4C(=O)C=C5C=C(F)C=C[C@@H]54)c3C)C2)cn1. The maximum atomic E-state index is 13.6. The van der Waals surface area contributed by atoms with Gasteiger partial charge in [0, 0.05) is 42.3 Å². The Hall–Kier alpha value is -3.68. The van der Waals surface area contributed by atoms with Crippen molar-refractivity contribution in [3.63, 3.8) is 0 Å². The average molecular weight is 462 g/mol. The van der Waals surface area contributed by atoms with Crippen LogP contribution in [0.5, 0.6) is 0 Å². The maximum absolute atomic E-state index is 13.6. The molecule has 2 aromatic rings. The predicted molar refractivity (Wildman–Crippen MR) is 128 cm³/mol. The van der Waals surface area contributed by atoms with Crippen LogP contribution < -0.4 is 10.2 Å². The molecule has 1 saturated heterocycles. The summed E-state index contributed by atoms with van der Waals surface area (Å²) in [5, 5.41) is 3.18. The first-order chi connectivity index (χ1) is 16.3. The van der Waals surface area contributed by atoms with E-state index in [9.17, 15) is 14.0 Å². The zero-order valence-corrected chi connectivity index (χ0v) is 19.6. The van der Waals surface area contributed by atoms with Crippen LogP contribution in [-0.4, -0.2) is 51.9 Å². The van der Waals surface area contributed by atoms with Gasteiger partial charge in [-0.1, -0.05) is 6.08 Å². The second-order valence-corrected chi connectivity index (χ2v) is 9.24. The summed E-state index contributed by atoms with van der Waals surface area (Å²) in [6.45, 7) is 7.66. The number of nitrogens with zero attached hydrogens (tertiary/aromatic N) is 3. The molecular weight excluding hydrogens is 433 g/mol. The molecule has 2 aliphatic heterocycles. The fourth-order valence-electron chi connectivity index (χ4n) is 5.04. The first-order valence-electron chi connectivity index (χ1n) is 11.5. The van der Waals surface area contributed by atoms with Crippen LogP contribution >= 0.6 is 0 Å². The van der Waals surface area contributed by atoms with Crippen molar-refractivity contribution in [3.05, 3.63) is 82.2 Å². The first kappa shape index (κ1) is 22.1. The number of allylic oxidation sites excluding steroid dienone is 2. The summed E-state index contributed by atoms with van der Waals surface area (Å²) in [6, 6.07) is 3.82. The molecule has 0 spiro atoms. The van der Waals surface area contributed by atoms with Crippen molar-refractivity contribution in [2.24, 2.45) is 0 Å². The van der Waals surface area contributed by atoms with E-state index in [0.29, 0.717) is 17.7 Å². The molecule has 3 aliphatic rings. The average Bonchev–Trinajstić information content (AvgIpc) is 3.45. The number of aromatic nitrogens is 2. The maximum Gasteiger partial charge on any atom is 0.253 e. The van der Waals surface area contributed by atoms with Crippen molar-refractivity contribution >= 4 is 17.5 Å². The zero-order valence-electron chi connectivity index (χ0n) is 19.6. The van der Waals surface area contributed by atoms with Crippen LogP contribution in [0.2, 0.25) is 0 Å². The van der Waals surface area contributed by atoms with Gasteiger partial charge in [0.25, 0.3) is 5.91 Å². The molecule has 0 aromatic carbocycles. The highest BCUT2D eigenvalue weighted by Gasteiger charge is 2.33. The lowest BCUT2D eigenvalue weighted by Gasteiger charge is -2.25. The Kier molecular flexibility index (Phi) is 5.59. The minimum atomic E-state index is -0.355. The Labute approximate surface area is 198 Å². The highest BCUT2D eigenvalue weighted by Crippen LogP contribution is 2.30. The quantitative estimate of drug-likeness (QED) is 0.715. The number of amides is 2. The predicted octanol–water partition coefficient (Wildman–Crippen LogP) is 3.40. The second kappa shape index (κ2) is 8.59. The third-order valence-corrected chi connectivity index (χ3v) is 6.87. The van der Waals surface area contributed by atoms with E-state index in [1.165, 1.54) is 18.2 Å². The lowest BCUT2D eigenvalue weighted by atomic mass is 10.0. The molecule has 1 unspecified atom stereocenters. The van der Waals surface area contributed by atoms with Crippen molar-refractivity contribution < 1.29 is 14.0 Å². The number of anilines is 1. The largest absolute Gasteiger partial charge is 0.368 e. The van der Waals surface area contributed by atoms with Gasteiger partial charge < -0.3 is 20.1 Å². The standard InChI is InChI=1S/C26H28FN5O2/c1-15-4-6-21(12-28-15)31-9-8-20(13-31)30-26(34)25-16(2)22(29-17(25)3)14-32-23-7-5-19(27)10-18(23)11-24(32)33/h4-7,10-12,20,23,29H,8-9,13-14H2,1-3H3,(H,30,34)/t20?,23-/m0/s1. The number of aryl methyl sites for hydroxylation is 2. The van der Waals surface area contributed by atoms with Gasteiger partial charge in [0.2, 0.25) is 5.91 Å². The molecule has 0 saturated carbocycles. The van der Waals surface area contributed by atoms with E-state index in [1.807, 2.05) is 33.0 Å². The molecule has 4 heterocycles. The Balaban J connectivity index is 1.26. The van der Waals surface area contributed by atoms with Gasteiger partial charge in [-0.3, -0.25) is 14.6 Å². The number of pyridine rings is 1. The van der Waals surface area contributed by atoms with Crippen molar-refractivity contribution in [2.45, 2.75) is 45.8 Å². The van der Waals surface area contributed by atoms with E-state index in [2.05, 4.69) is 26.3 Å². The number of nitrogens with one attached hydrogen (secondary N) is 2. The van der Waals surface area contributed by atoms with Gasteiger partial charge in [0.1, 0.15) is 5.83 Å². The van der Waals surface area contributed by atoms with E-state index < -0.39 is 0 Å². The van der Waals surface area contributed by atoms with Crippen LogP contribution in [0.1, 0.15) is 39.4 Å². The second-order valence-electron chi connectivity index (χ2n) is 9.24. The molecule has 1 fully saturated rings. The molecule has 2 atom stereocenters. The fraction of sp³-hybridized carbons (Fsp3) is 0.346. The summed E-state index contributed by atoms with van der Waals surface area (Å²) in [7, 11) is 0. The van der Waals surface area contributed by atoms with E-state index in [1.54, 1.807) is 11.0 Å². The topological polar surface area (TPSA) is 81.3 Å². The van der Waals surface area contributed by atoms with Crippen molar-refractivity contribution in [2.75, 3.05) is 18.0 Å². The first-order valence-corrected chi connectivity index (χ1v) is 11.5. The van der Waals surface area contributed by atoms with Crippen LogP contribution in [0.25, 0.3) is 0 Å². The van der Waals surface area contributed by atoms with Crippen molar-refractivity contribution in [3.8, 4) is 0 Å². The van der Waals surface area contributed by atoms with Gasteiger partial charge in [0.15, 0.2) is 0 Å². The highest BCUT2D eigenvalue weighted by molar-refractivity contribution is 5.97. The Bertz CT molecular complexity index is 1240. The summed E-state index contributed by atoms with van der Waals surface area (Å²) in [4.78, 5) is 37.3. The molecule has 34 heavy (non-hydrogen) atoms. The summed E-state index contributed by atoms with van der Waals surface area (Å²) in [5.74, 6) is -0.627. The van der Waals surface area contributed by atoms with Crippen LogP contribution in [0.4, 0.5) is 10.1 Å². The lowest BCUT2D eigenvalue weighted by molar-refractivity contribution is -0.126. The molecule has 7 nitrogen and oxygen atoms in total. The molecule has 8 heteroatoms. The molecule has 2 amide bonds. The van der Waals surface area contributed by atoms with E-state index >= 15 is 0 Å². The Morgan fingerprint density at radius 1 is 1.26 bits per heavy atom. The number of hydrogen-bond acceptors (Lipinski definition) is 4. The monoisotopic (exact) mass is 461 g/mol. The number of H-pyrrole nitrogens is 1. The minimum absolute atomic E-state index is 0.0481. The van der Waals surface area contributed by atoms with Crippen LogP contribution in [0.3, 0.4) is 0 Å². The van der Waals surface area contributed by atoms with E-state index in [4.69, 9.17) is 0 Å². The summed E-state index contributed by atoms with van der Waals surface area (Å²) < 4.78 is 13.6. The van der Waals surface area contributed by atoms with Gasteiger partial charge in [-0.05, 0) is 62.6 Å². The number of aromatic amines is 1. The summed E-state index contributed by atoms with van der Waals surface area (Å²) >= 11 is 0. The third-order valence-electron chi connectivity index (χ3n) is 6.87. The molecule has 176 valence electrons. The molecule has 1 aliphatic carbocycles. The van der Waals surface area contributed by atoms with E-state index in [-0.39, 0.29) is 29.7 Å². The van der Waals surface area contributed by atoms with Crippen LogP contribution in [-0.2, 0) is 11.3 Å². The summed E-state index contributed by atoms with van der Waals surface area (Å²) in [5.41, 5.74) is 5.73. The van der Waals surface area contributed by atoms with Gasteiger partial charge in [-0.15, -0.1) is 0 Å². The Morgan fingerprint density at radius 2 is 2.09 bits per heavy atom.